The fraction of sp³-hybridized carbons (Fsp3) is 0.250. The van der Waals surface area contributed by atoms with Crippen molar-refractivity contribution in [3.8, 4) is 11.3 Å². The van der Waals surface area contributed by atoms with Gasteiger partial charge in [0, 0.05) is 31.7 Å². The van der Waals surface area contributed by atoms with Crippen molar-refractivity contribution in [2.24, 2.45) is 7.05 Å². The van der Waals surface area contributed by atoms with Gasteiger partial charge in [0.15, 0.2) is 11.5 Å². The molecule has 0 saturated heterocycles. The molecule has 1 N–H and O–H groups in total. The highest BCUT2D eigenvalue weighted by Gasteiger charge is 2.19. The number of nitrogens with one attached hydrogen (secondary N) is 1. The monoisotopic (exact) mass is 362 g/mol. The molecule has 0 spiro atoms. The number of hydrogen-bond acceptors (Lipinski definition) is 3. The van der Waals surface area contributed by atoms with E-state index in [4.69, 9.17) is 11.6 Å². The van der Waals surface area contributed by atoms with Crippen molar-refractivity contribution in [2.75, 3.05) is 12.4 Å². The van der Waals surface area contributed by atoms with E-state index in [-0.39, 0.29) is 5.69 Å². The van der Waals surface area contributed by atoms with Crippen molar-refractivity contribution in [2.45, 2.75) is 19.9 Å². The molecule has 0 radical (unpaired) electrons. The summed E-state index contributed by atoms with van der Waals surface area (Å²) in [6, 6.07) is 6.45. The van der Waals surface area contributed by atoms with E-state index < -0.39 is 5.82 Å². The lowest BCUT2D eigenvalue weighted by molar-refractivity contribution is 0.628. The minimum Gasteiger partial charge on any atom is -0.371 e. The quantitative estimate of drug-likeness (QED) is 0.534. The van der Waals surface area contributed by atoms with Gasteiger partial charge >= 0.3 is 0 Å². The minimum absolute atomic E-state index is 0.285. The van der Waals surface area contributed by atoms with Crippen LogP contribution in [-0.2, 0) is 13.6 Å². The Bertz CT molecular complexity index is 1210. The predicted molar refractivity (Wildman–Crippen MR) is 105 cm³/mol. The van der Waals surface area contributed by atoms with Crippen LogP contribution in [0.4, 0.5) is 15.9 Å². The minimum atomic E-state index is -0.415. The van der Waals surface area contributed by atoms with E-state index in [1.54, 1.807) is 12.4 Å². The van der Waals surface area contributed by atoms with Crippen molar-refractivity contribution in [1.29, 1.82) is 0 Å². The molecule has 4 aromatic rings. The van der Waals surface area contributed by atoms with Gasteiger partial charge in [-0.3, -0.25) is 0 Å². The van der Waals surface area contributed by atoms with Crippen molar-refractivity contribution >= 4 is 33.6 Å². The van der Waals surface area contributed by atoms with Crippen molar-refractivity contribution in [1.82, 2.24) is 19.1 Å². The van der Waals surface area contributed by atoms with Crippen LogP contribution in [0.15, 0.2) is 30.6 Å². The Morgan fingerprint density at radius 3 is 2.78 bits per heavy atom. The number of pyridine rings is 1. The summed E-state index contributed by atoms with van der Waals surface area (Å²) in [4.78, 5) is 12.6. The van der Waals surface area contributed by atoms with E-state index in [9.17, 15) is 4.39 Å². The van der Waals surface area contributed by atoms with Gasteiger partial charge in [0.2, 0.25) is 0 Å². The Balaban J connectivity index is 2.11. The number of halogens is 1. The standard InChI is InChI=1S/C20H19FN6/c1-5-6-27-16(12-7-13(21)9-14(8-12)22-2)10-15-18-17(24-11-26(18)4)19(23-3)25-20(15)27/h7-11H,5-6H2,1,3-4H3,(H,23,25). The summed E-state index contributed by atoms with van der Waals surface area (Å²) >= 11 is 0. The van der Waals surface area contributed by atoms with Crippen molar-refractivity contribution in [3.63, 3.8) is 0 Å². The van der Waals surface area contributed by atoms with Gasteiger partial charge in [0.1, 0.15) is 17.0 Å². The van der Waals surface area contributed by atoms with Crippen LogP contribution in [0.1, 0.15) is 13.3 Å². The Labute approximate surface area is 156 Å². The Morgan fingerprint density at radius 2 is 2.07 bits per heavy atom. The normalized spacial score (nSPS) is 11.2. The molecule has 4 rings (SSSR count). The maximum Gasteiger partial charge on any atom is 0.190 e. The summed E-state index contributed by atoms with van der Waals surface area (Å²) in [6.07, 6.45) is 2.67. The molecule has 0 aliphatic heterocycles. The van der Waals surface area contributed by atoms with Crippen LogP contribution in [0, 0.1) is 12.4 Å². The molecule has 3 aromatic heterocycles. The Morgan fingerprint density at radius 1 is 1.26 bits per heavy atom. The molecule has 0 atom stereocenters. The van der Waals surface area contributed by atoms with Crippen LogP contribution in [0.2, 0.25) is 0 Å². The van der Waals surface area contributed by atoms with E-state index in [1.807, 2.05) is 24.7 Å². The highest BCUT2D eigenvalue weighted by molar-refractivity contribution is 6.07. The van der Waals surface area contributed by atoms with E-state index in [2.05, 4.69) is 26.6 Å². The molecule has 1 aromatic carbocycles. The molecule has 0 bridgehead atoms. The van der Waals surface area contributed by atoms with Crippen LogP contribution in [0.5, 0.6) is 0 Å². The molecular weight excluding hydrogens is 343 g/mol. The first-order valence-electron chi connectivity index (χ1n) is 8.77. The number of anilines is 1. The lowest BCUT2D eigenvalue weighted by Gasteiger charge is -2.11. The Kier molecular flexibility index (Phi) is 4.04. The second-order valence-corrected chi connectivity index (χ2v) is 6.49. The predicted octanol–water partition coefficient (Wildman–Crippen LogP) is 4.73. The highest BCUT2D eigenvalue weighted by atomic mass is 19.1. The summed E-state index contributed by atoms with van der Waals surface area (Å²) < 4.78 is 18.1. The van der Waals surface area contributed by atoms with Crippen LogP contribution in [0.3, 0.4) is 0 Å². The fourth-order valence-corrected chi connectivity index (χ4v) is 3.56. The van der Waals surface area contributed by atoms with Gasteiger partial charge in [0.05, 0.1) is 18.4 Å². The molecule has 0 fully saturated rings. The first kappa shape index (κ1) is 17.0. The van der Waals surface area contributed by atoms with Crippen LogP contribution in [-0.4, -0.2) is 26.1 Å². The van der Waals surface area contributed by atoms with Gasteiger partial charge < -0.3 is 14.5 Å². The van der Waals surface area contributed by atoms with Crippen LogP contribution >= 0.6 is 0 Å². The summed E-state index contributed by atoms with van der Waals surface area (Å²) in [5.74, 6) is 0.294. The summed E-state index contributed by atoms with van der Waals surface area (Å²) in [5, 5.41) is 4.08. The molecule has 27 heavy (non-hydrogen) atoms. The summed E-state index contributed by atoms with van der Waals surface area (Å²) in [7, 11) is 3.77. The maximum atomic E-state index is 14.1. The van der Waals surface area contributed by atoms with E-state index in [0.717, 1.165) is 40.7 Å². The molecule has 0 saturated carbocycles. The van der Waals surface area contributed by atoms with Crippen LogP contribution < -0.4 is 5.32 Å². The number of benzene rings is 1. The van der Waals surface area contributed by atoms with Crippen molar-refractivity contribution < 1.29 is 4.39 Å². The second-order valence-electron chi connectivity index (χ2n) is 6.49. The summed E-state index contributed by atoms with van der Waals surface area (Å²) in [6.45, 7) is 10.1. The molecule has 0 unspecified atom stereocenters. The second kappa shape index (κ2) is 6.40. The number of imidazole rings is 1. The van der Waals surface area contributed by atoms with Gasteiger partial charge in [-0.25, -0.2) is 19.2 Å². The smallest absolute Gasteiger partial charge is 0.190 e. The van der Waals surface area contributed by atoms with Crippen molar-refractivity contribution in [3.05, 3.63) is 47.8 Å². The molecule has 7 heteroatoms. The SMILES string of the molecule is [C-]#[N+]c1cc(F)cc(-c2cc3c4c(ncn4C)c(NC)nc3n2CCC)c1. The lowest BCUT2D eigenvalue weighted by atomic mass is 10.1. The average Bonchev–Trinajstić information content (AvgIpc) is 3.22. The van der Waals surface area contributed by atoms with E-state index in [0.29, 0.717) is 11.4 Å². The van der Waals surface area contributed by atoms with Gasteiger partial charge in [-0.15, -0.1) is 0 Å². The van der Waals surface area contributed by atoms with E-state index in [1.165, 1.54) is 12.1 Å². The molecule has 136 valence electrons. The van der Waals surface area contributed by atoms with Gasteiger partial charge in [-0.05, 0) is 36.2 Å². The summed E-state index contributed by atoms with van der Waals surface area (Å²) in [5.41, 5.74) is 4.40. The number of aromatic nitrogens is 4. The third-order valence-corrected chi connectivity index (χ3v) is 4.69. The zero-order valence-electron chi connectivity index (χ0n) is 15.4. The highest BCUT2D eigenvalue weighted by Crippen LogP contribution is 2.35. The van der Waals surface area contributed by atoms with Gasteiger partial charge in [-0.1, -0.05) is 6.92 Å². The first-order valence-corrected chi connectivity index (χ1v) is 8.77. The number of nitrogens with zero attached hydrogens (tertiary/aromatic N) is 5. The van der Waals surface area contributed by atoms with Gasteiger partial charge in [-0.2, -0.15) is 0 Å². The zero-order chi connectivity index (χ0) is 19.1. The molecule has 6 nitrogen and oxygen atoms in total. The number of fused-ring (bicyclic) bond motifs is 3. The third kappa shape index (κ3) is 2.61. The average molecular weight is 362 g/mol. The molecule has 0 aliphatic carbocycles. The maximum absolute atomic E-state index is 14.1. The number of hydrogen-bond donors (Lipinski definition) is 1. The lowest BCUT2D eigenvalue weighted by Crippen LogP contribution is -2.03. The largest absolute Gasteiger partial charge is 0.371 e. The first-order chi connectivity index (χ1) is 13.1. The van der Waals surface area contributed by atoms with Gasteiger partial charge in [0.25, 0.3) is 0 Å². The number of rotatable bonds is 4. The third-order valence-electron chi connectivity index (χ3n) is 4.69. The Hall–Kier alpha value is -3.40. The number of aryl methyl sites for hydroxylation is 2. The fourth-order valence-electron chi connectivity index (χ4n) is 3.56. The zero-order valence-corrected chi connectivity index (χ0v) is 15.4. The molecule has 3 heterocycles. The molecule has 0 amide bonds. The molecular formula is C20H19FN6. The van der Waals surface area contributed by atoms with Crippen LogP contribution in [0.25, 0.3) is 38.2 Å². The molecule has 0 aliphatic rings. The van der Waals surface area contributed by atoms with E-state index >= 15 is 0 Å². The topological polar surface area (TPSA) is 52.0 Å².